The quantitative estimate of drug-likeness (QED) is 0.608. The number of hydrogen-bond acceptors (Lipinski definition) is 6. The molecule has 2 aromatic rings. The molecule has 0 radical (unpaired) electrons. The van der Waals surface area contributed by atoms with Crippen LogP contribution in [0.3, 0.4) is 0 Å². The first kappa shape index (κ1) is 18.9. The van der Waals surface area contributed by atoms with Crippen LogP contribution in [0.25, 0.3) is 0 Å². The van der Waals surface area contributed by atoms with E-state index in [2.05, 4.69) is 10.3 Å². The zero-order valence-electron chi connectivity index (χ0n) is 13.2. The highest BCUT2D eigenvalue weighted by atomic mass is 35.5. The van der Waals surface area contributed by atoms with E-state index in [4.69, 9.17) is 16.3 Å². The van der Waals surface area contributed by atoms with Gasteiger partial charge in [0.05, 0.1) is 16.3 Å². The van der Waals surface area contributed by atoms with Crippen molar-refractivity contribution in [3.8, 4) is 5.75 Å². The summed E-state index contributed by atoms with van der Waals surface area (Å²) in [5.41, 5.74) is 0. The summed E-state index contributed by atoms with van der Waals surface area (Å²) in [5, 5.41) is 2.98. The second-order valence-electron chi connectivity index (χ2n) is 5.13. The lowest BCUT2D eigenvalue weighted by Crippen LogP contribution is -2.16. The molecule has 25 heavy (non-hydrogen) atoms. The van der Waals surface area contributed by atoms with E-state index in [9.17, 15) is 18.0 Å². The number of benzene rings is 1. The van der Waals surface area contributed by atoms with Gasteiger partial charge in [0.2, 0.25) is 5.91 Å². The molecule has 1 aromatic carbocycles. The number of pyridine rings is 1. The summed E-state index contributed by atoms with van der Waals surface area (Å²) in [4.78, 5) is 27.5. The number of halogens is 1. The molecule has 7 nitrogen and oxygen atoms in total. The van der Waals surface area contributed by atoms with Gasteiger partial charge in [0.15, 0.2) is 9.84 Å². The summed E-state index contributed by atoms with van der Waals surface area (Å²) in [6.07, 6.45) is 2.27. The molecule has 2 rings (SSSR count). The monoisotopic (exact) mass is 382 g/mol. The molecule has 0 unspecified atom stereocenters. The number of esters is 1. The van der Waals surface area contributed by atoms with E-state index >= 15 is 0 Å². The summed E-state index contributed by atoms with van der Waals surface area (Å²) in [7, 11) is -3.31. The van der Waals surface area contributed by atoms with Crippen molar-refractivity contribution in [2.75, 3.05) is 11.6 Å². The van der Waals surface area contributed by atoms with Crippen molar-refractivity contribution in [2.45, 2.75) is 17.7 Å². The maximum atomic E-state index is 11.8. The van der Waals surface area contributed by atoms with Gasteiger partial charge in [-0.1, -0.05) is 11.6 Å². The highest BCUT2D eigenvalue weighted by Crippen LogP contribution is 2.16. The fourth-order valence-corrected chi connectivity index (χ4v) is 2.55. The average Bonchev–Trinajstić information content (AvgIpc) is 2.55. The van der Waals surface area contributed by atoms with Crippen LogP contribution < -0.4 is 10.1 Å². The van der Waals surface area contributed by atoms with Gasteiger partial charge in [0.1, 0.15) is 11.6 Å². The van der Waals surface area contributed by atoms with Crippen molar-refractivity contribution >= 4 is 39.1 Å². The van der Waals surface area contributed by atoms with Crippen molar-refractivity contribution in [3.05, 3.63) is 47.6 Å². The van der Waals surface area contributed by atoms with Gasteiger partial charge in [-0.25, -0.2) is 13.4 Å². The molecule has 0 atom stereocenters. The van der Waals surface area contributed by atoms with E-state index in [1.165, 1.54) is 30.5 Å². The number of aromatic nitrogens is 1. The van der Waals surface area contributed by atoms with Gasteiger partial charge in [-0.2, -0.15) is 0 Å². The Bertz CT molecular complexity index is 864. The normalized spacial score (nSPS) is 11.0. The van der Waals surface area contributed by atoms with Gasteiger partial charge in [-0.3, -0.25) is 9.59 Å². The summed E-state index contributed by atoms with van der Waals surface area (Å²) >= 11 is 5.69. The molecule has 0 aliphatic rings. The van der Waals surface area contributed by atoms with E-state index in [0.717, 1.165) is 6.26 Å². The van der Waals surface area contributed by atoms with Crippen LogP contribution >= 0.6 is 11.6 Å². The van der Waals surface area contributed by atoms with Crippen LogP contribution in [0, 0.1) is 0 Å². The second kappa shape index (κ2) is 8.09. The molecular weight excluding hydrogens is 368 g/mol. The second-order valence-corrected chi connectivity index (χ2v) is 7.58. The van der Waals surface area contributed by atoms with E-state index in [-0.39, 0.29) is 29.4 Å². The number of anilines is 1. The number of hydrogen-bond donors (Lipinski definition) is 1. The Morgan fingerprint density at radius 2 is 1.80 bits per heavy atom. The van der Waals surface area contributed by atoms with Gasteiger partial charge >= 0.3 is 5.97 Å². The number of nitrogens with zero attached hydrogens (tertiary/aromatic N) is 1. The standard InChI is InChI=1S/C16H15ClN2O5S/c1-25(22,23)13-5-3-12(4-6-13)24-16(21)9-8-15(20)19-14-7-2-11(17)10-18-14/h2-7,10H,8-9H2,1H3,(H,18,19,20). The number of carbonyl (C=O) groups is 2. The van der Waals surface area contributed by atoms with E-state index in [1.54, 1.807) is 12.1 Å². The smallest absolute Gasteiger partial charge is 0.311 e. The molecule has 0 fully saturated rings. The fraction of sp³-hybridized carbons (Fsp3) is 0.188. The zero-order chi connectivity index (χ0) is 18.4. The third-order valence-corrected chi connectivity index (χ3v) is 4.39. The van der Waals surface area contributed by atoms with Crippen LogP contribution in [0.15, 0.2) is 47.5 Å². The molecule has 1 aromatic heterocycles. The number of nitrogens with one attached hydrogen (secondary N) is 1. The minimum Gasteiger partial charge on any atom is -0.427 e. The van der Waals surface area contributed by atoms with Crippen LogP contribution in [0.4, 0.5) is 5.82 Å². The van der Waals surface area contributed by atoms with Crippen LogP contribution in [0.1, 0.15) is 12.8 Å². The van der Waals surface area contributed by atoms with Crippen LogP contribution in [-0.2, 0) is 19.4 Å². The molecular formula is C16H15ClN2O5S. The van der Waals surface area contributed by atoms with Gasteiger partial charge in [0, 0.05) is 18.9 Å². The SMILES string of the molecule is CS(=O)(=O)c1ccc(OC(=O)CCC(=O)Nc2ccc(Cl)cn2)cc1. The Hall–Kier alpha value is -2.45. The Kier molecular flexibility index (Phi) is 6.11. The van der Waals surface area contributed by atoms with Gasteiger partial charge < -0.3 is 10.1 Å². The average molecular weight is 383 g/mol. The Labute approximate surface area is 149 Å². The summed E-state index contributed by atoms with van der Waals surface area (Å²) in [6.45, 7) is 0. The first-order valence-corrected chi connectivity index (χ1v) is 9.43. The largest absolute Gasteiger partial charge is 0.427 e. The minimum absolute atomic E-state index is 0.0788. The van der Waals surface area contributed by atoms with Crippen molar-refractivity contribution < 1.29 is 22.7 Å². The first-order chi connectivity index (χ1) is 11.7. The van der Waals surface area contributed by atoms with Crippen molar-refractivity contribution in [1.82, 2.24) is 4.98 Å². The maximum absolute atomic E-state index is 11.8. The predicted molar refractivity (Wildman–Crippen MR) is 92.3 cm³/mol. The molecule has 0 saturated carbocycles. The lowest BCUT2D eigenvalue weighted by atomic mass is 10.3. The molecule has 1 heterocycles. The predicted octanol–water partition coefficient (Wildman–Crippen LogP) is 2.46. The van der Waals surface area contributed by atoms with Gasteiger partial charge in [-0.05, 0) is 36.4 Å². The zero-order valence-corrected chi connectivity index (χ0v) is 14.8. The minimum atomic E-state index is -3.31. The lowest BCUT2D eigenvalue weighted by molar-refractivity contribution is -0.135. The molecule has 132 valence electrons. The van der Waals surface area contributed by atoms with E-state index < -0.39 is 15.8 Å². The molecule has 0 aliphatic heterocycles. The van der Waals surface area contributed by atoms with Crippen LogP contribution in [-0.4, -0.2) is 31.5 Å². The number of sulfone groups is 1. The Morgan fingerprint density at radius 1 is 1.12 bits per heavy atom. The summed E-state index contributed by atoms with van der Waals surface area (Å²) < 4.78 is 27.7. The number of amides is 1. The van der Waals surface area contributed by atoms with Gasteiger partial charge in [-0.15, -0.1) is 0 Å². The highest BCUT2D eigenvalue weighted by Gasteiger charge is 2.11. The number of rotatable bonds is 6. The maximum Gasteiger partial charge on any atom is 0.311 e. The molecule has 1 amide bonds. The Morgan fingerprint density at radius 3 is 2.36 bits per heavy atom. The molecule has 0 bridgehead atoms. The third kappa shape index (κ3) is 6.17. The van der Waals surface area contributed by atoms with Crippen LogP contribution in [0.2, 0.25) is 5.02 Å². The third-order valence-electron chi connectivity index (χ3n) is 3.03. The van der Waals surface area contributed by atoms with Gasteiger partial charge in [0.25, 0.3) is 0 Å². The van der Waals surface area contributed by atoms with E-state index in [1.807, 2.05) is 0 Å². The van der Waals surface area contributed by atoms with Crippen molar-refractivity contribution in [3.63, 3.8) is 0 Å². The number of carbonyl (C=O) groups excluding carboxylic acids is 2. The fourth-order valence-electron chi connectivity index (χ4n) is 1.81. The molecule has 9 heteroatoms. The molecule has 0 saturated heterocycles. The highest BCUT2D eigenvalue weighted by molar-refractivity contribution is 7.90. The lowest BCUT2D eigenvalue weighted by Gasteiger charge is -2.06. The topological polar surface area (TPSA) is 102 Å². The first-order valence-electron chi connectivity index (χ1n) is 7.16. The van der Waals surface area contributed by atoms with Crippen LogP contribution in [0.5, 0.6) is 5.75 Å². The molecule has 0 spiro atoms. The number of ether oxygens (including phenoxy) is 1. The van der Waals surface area contributed by atoms with E-state index in [0.29, 0.717) is 10.8 Å². The van der Waals surface area contributed by atoms with Crippen molar-refractivity contribution in [1.29, 1.82) is 0 Å². The summed E-state index contributed by atoms with van der Waals surface area (Å²) in [6, 6.07) is 8.58. The molecule has 1 N–H and O–H groups in total. The Balaban J connectivity index is 1.82. The summed E-state index contributed by atoms with van der Waals surface area (Å²) in [5.74, 6) is -0.457. The van der Waals surface area contributed by atoms with Crippen molar-refractivity contribution in [2.24, 2.45) is 0 Å². The molecule has 0 aliphatic carbocycles.